The van der Waals surface area contributed by atoms with Crippen molar-refractivity contribution in [3.63, 3.8) is 0 Å². The van der Waals surface area contributed by atoms with E-state index in [4.69, 9.17) is 0 Å². The zero-order chi connectivity index (χ0) is 14.8. The molecule has 1 saturated heterocycles. The molecule has 20 heavy (non-hydrogen) atoms. The zero-order valence-electron chi connectivity index (χ0n) is 11.5. The number of carbonyl (C=O) groups is 1. The predicted octanol–water partition coefficient (Wildman–Crippen LogP) is 0.907. The van der Waals surface area contributed by atoms with Crippen LogP contribution in [-0.4, -0.2) is 52.0 Å². The molecule has 1 unspecified atom stereocenters. The molecule has 1 N–H and O–H groups in total. The fraction of sp³-hybridized carbons (Fsp3) is 0.583. The second-order valence-corrected chi connectivity index (χ2v) is 7.48. The Bertz CT molecular complexity index is 582. The van der Waals surface area contributed by atoms with Gasteiger partial charge in [-0.2, -0.15) is 4.31 Å². The lowest BCUT2D eigenvalue weighted by Crippen LogP contribution is -2.46. The van der Waals surface area contributed by atoms with E-state index in [1.807, 2.05) is 7.05 Å². The number of rotatable bonds is 4. The minimum Gasteiger partial charge on any atom is -0.465 e. The predicted molar refractivity (Wildman–Crippen MR) is 76.5 cm³/mol. The summed E-state index contributed by atoms with van der Waals surface area (Å²) in [5.74, 6) is -0.511. The molecular weight excluding hydrogens is 300 g/mol. The van der Waals surface area contributed by atoms with Crippen LogP contribution in [0, 0.1) is 0 Å². The number of nitrogens with zero attached hydrogens (tertiary/aromatic N) is 1. The normalized spacial score (nSPS) is 20.8. The molecule has 8 heteroatoms. The highest BCUT2D eigenvalue weighted by Gasteiger charge is 2.30. The second-order valence-electron chi connectivity index (χ2n) is 4.63. The fourth-order valence-corrected chi connectivity index (χ4v) is 4.91. The van der Waals surface area contributed by atoms with Gasteiger partial charge in [0, 0.05) is 24.5 Å². The third-order valence-electron chi connectivity index (χ3n) is 3.39. The number of sulfonamides is 1. The van der Waals surface area contributed by atoms with E-state index in [1.54, 1.807) is 0 Å². The number of thiophene rings is 1. The topological polar surface area (TPSA) is 75.7 Å². The van der Waals surface area contributed by atoms with E-state index in [0.717, 1.165) is 24.2 Å². The van der Waals surface area contributed by atoms with Crippen molar-refractivity contribution in [2.75, 3.05) is 27.2 Å². The quantitative estimate of drug-likeness (QED) is 0.835. The molecule has 1 fully saturated rings. The van der Waals surface area contributed by atoms with Gasteiger partial charge in [0.25, 0.3) is 0 Å². The molecule has 6 nitrogen and oxygen atoms in total. The van der Waals surface area contributed by atoms with Crippen molar-refractivity contribution in [2.24, 2.45) is 0 Å². The highest BCUT2D eigenvalue weighted by molar-refractivity contribution is 7.89. The van der Waals surface area contributed by atoms with Crippen LogP contribution >= 0.6 is 11.3 Å². The van der Waals surface area contributed by atoms with Gasteiger partial charge in [-0.15, -0.1) is 11.3 Å². The minimum atomic E-state index is -3.53. The van der Waals surface area contributed by atoms with Crippen molar-refractivity contribution >= 4 is 27.3 Å². The first-order chi connectivity index (χ1) is 9.48. The van der Waals surface area contributed by atoms with Crippen molar-refractivity contribution in [3.05, 3.63) is 16.3 Å². The van der Waals surface area contributed by atoms with E-state index in [1.165, 1.54) is 22.9 Å². The van der Waals surface area contributed by atoms with Gasteiger partial charge in [0.1, 0.15) is 4.88 Å². The van der Waals surface area contributed by atoms with Gasteiger partial charge in [-0.3, -0.25) is 0 Å². The lowest BCUT2D eigenvalue weighted by molar-refractivity contribution is 0.0606. The summed E-state index contributed by atoms with van der Waals surface area (Å²) >= 11 is 1.08. The molecular formula is C12H18N2O4S2. The number of carbonyl (C=O) groups excluding carboxylic acids is 1. The fourth-order valence-electron chi connectivity index (χ4n) is 2.21. The highest BCUT2D eigenvalue weighted by atomic mass is 32.2. The van der Waals surface area contributed by atoms with Crippen LogP contribution in [0.5, 0.6) is 0 Å². The molecule has 1 aliphatic rings. The number of esters is 1. The van der Waals surface area contributed by atoms with E-state index in [9.17, 15) is 13.2 Å². The summed E-state index contributed by atoms with van der Waals surface area (Å²) in [6.45, 7) is 0.978. The number of ether oxygens (including phenoxy) is 1. The molecule has 2 rings (SSSR count). The van der Waals surface area contributed by atoms with Crippen LogP contribution in [0.1, 0.15) is 22.5 Å². The van der Waals surface area contributed by atoms with Crippen LogP contribution in [0.2, 0.25) is 0 Å². The van der Waals surface area contributed by atoms with Crippen molar-refractivity contribution in [1.29, 1.82) is 0 Å². The van der Waals surface area contributed by atoms with Gasteiger partial charge in [-0.25, -0.2) is 13.2 Å². The van der Waals surface area contributed by atoms with Crippen LogP contribution in [0.3, 0.4) is 0 Å². The van der Waals surface area contributed by atoms with Gasteiger partial charge in [0.2, 0.25) is 10.0 Å². The van der Waals surface area contributed by atoms with E-state index in [2.05, 4.69) is 10.1 Å². The molecule has 0 saturated carbocycles. The Kier molecular flexibility index (Phi) is 4.79. The third kappa shape index (κ3) is 3.03. The summed E-state index contributed by atoms with van der Waals surface area (Å²) in [4.78, 5) is 11.9. The molecule has 0 spiro atoms. The number of nitrogens with one attached hydrogen (secondary N) is 1. The Morgan fingerprint density at radius 1 is 1.55 bits per heavy atom. The van der Waals surface area contributed by atoms with Crippen LogP contribution < -0.4 is 5.32 Å². The largest absolute Gasteiger partial charge is 0.465 e. The third-order valence-corrected chi connectivity index (χ3v) is 6.29. The molecule has 1 aliphatic heterocycles. The second kappa shape index (κ2) is 6.21. The van der Waals surface area contributed by atoms with Gasteiger partial charge in [-0.05, 0) is 26.0 Å². The number of likely N-dealkylation sites (N-methyl/N-ethyl adjacent to an activating group) is 1. The molecule has 1 atom stereocenters. The van der Waals surface area contributed by atoms with Crippen LogP contribution in [-0.2, 0) is 14.8 Å². The standard InChI is InChI=1S/C12H18N2O4S2/c1-13-9-4-3-5-14(7-9)20(16,17)10-6-11(19-8-10)12(15)18-2/h6,8-9,13H,3-5,7H2,1-2H3. The summed E-state index contributed by atoms with van der Waals surface area (Å²) in [5.41, 5.74) is 0. The van der Waals surface area contributed by atoms with Gasteiger partial charge in [0.15, 0.2) is 0 Å². The van der Waals surface area contributed by atoms with Crippen molar-refractivity contribution in [2.45, 2.75) is 23.8 Å². The molecule has 2 heterocycles. The summed E-state index contributed by atoms with van der Waals surface area (Å²) in [6, 6.07) is 1.56. The average Bonchev–Trinajstić information content (AvgIpc) is 2.97. The number of methoxy groups -OCH3 is 1. The molecule has 0 aliphatic carbocycles. The van der Waals surface area contributed by atoms with Gasteiger partial charge in [-0.1, -0.05) is 0 Å². The Morgan fingerprint density at radius 2 is 2.30 bits per heavy atom. The first kappa shape index (κ1) is 15.4. The molecule has 1 aromatic rings. The zero-order valence-corrected chi connectivity index (χ0v) is 13.1. The summed E-state index contributed by atoms with van der Waals surface area (Å²) < 4.78 is 31.1. The van der Waals surface area contributed by atoms with Crippen molar-refractivity contribution < 1.29 is 17.9 Å². The first-order valence-corrected chi connectivity index (χ1v) is 8.65. The monoisotopic (exact) mass is 318 g/mol. The summed E-state index contributed by atoms with van der Waals surface area (Å²) in [7, 11) is -0.420. The Balaban J connectivity index is 2.21. The lowest BCUT2D eigenvalue weighted by Gasteiger charge is -2.31. The Labute approximate surface area is 122 Å². The van der Waals surface area contributed by atoms with E-state index in [0.29, 0.717) is 18.0 Å². The van der Waals surface area contributed by atoms with Gasteiger partial charge >= 0.3 is 5.97 Å². The molecule has 0 aromatic carbocycles. The Hall–Kier alpha value is -0.960. The molecule has 0 amide bonds. The van der Waals surface area contributed by atoms with Crippen molar-refractivity contribution in [3.8, 4) is 0 Å². The van der Waals surface area contributed by atoms with Crippen LogP contribution in [0.25, 0.3) is 0 Å². The van der Waals surface area contributed by atoms with Crippen LogP contribution in [0.4, 0.5) is 0 Å². The SMILES string of the molecule is CNC1CCCN(S(=O)(=O)c2csc(C(=O)OC)c2)C1. The van der Waals surface area contributed by atoms with E-state index < -0.39 is 16.0 Å². The average molecular weight is 318 g/mol. The molecule has 0 bridgehead atoms. The minimum absolute atomic E-state index is 0.166. The molecule has 0 radical (unpaired) electrons. The molecule has 112 valence electrons. The first-order valence-electron chi connectivity index (χ1n) is 6.33. The van der Waals surface area contributed by atoms with E-state index in [-0.39, 0.29) is 10.9 Å². The maximum absolute atomic E-state index is 12.5. The number of hydrogen-bond acceptors (Lipinski definition) is 6. The smallest absolute Gasteiger partial charge is 0.348 e. The summed E-state index contributed by atoms with van der Waals surface area (Å²) in [6.07, 6.45) is 1.80. The van der Waals surface area contributed by atoms with Crippen molar-refractivity contribution in [1.82, 2.24) is 9.62 Å². The maximum Gasteiger partial charge on any atom is 0.348 e. The Morgan fingerprint density at radius 3 is 2.95 bits per heavy atom. The van der Waals surface area contributed by atoms with Crippen LogP contribution in [0.15, 0.2) is 16.3 Å². The van der Waals surface area contributed by atoms with Gasteiger partial charge < -0.3 is 10.1 Å². The number of hydrogen-bond donors (Lipinski definition) is 1. The number of piperidine rings is 1. The maximum atomic E-state index is 12.5. The lowest BCUT2D eigenvalue weighted by atomic mass is 10.1. The molecule has 1 aromatic heterocycles. The summed E-state index contributed by atoms with van der Waals surface area (Å²) in [5, 5.41) is 4.60. The van der Waals surface area contributed by atoms with E-state index >= 15 is 0 Å². The highest BCUT2D eigenvalue weighted by Crippen LogP contribution is 2.25. The van der Waals surface area contributed by atoms with Gasteiger partial charge in [0.05, 0.1) is 12.0 Å².